The van der Waals surface area contributed by atoms with Gasteiger partial charge in [0.1, 0.15) is 0 Å². The molecule has 0 aromatic carbocycles. The van der Waals surface area contributed by atoms with E-state index in [2.05, 4.69) is 17.3 Å². The summed E-state index contributed by atoms with van der Waals surface area (Å²) in [5, 5.41) is 2.95. The van der Waals surface area contributed by atoms with Crippen molar-refractivity contribution in [1.82, 2.24) is 10.2 Å². The van der Waals surface area contributed by atoms with Crippen molar-refractivity contribution in [2.24, 2.45) is 5.73 Å². The Balaban J connectivity index is 1.93. The normalized spacial score (nSPS) is 17.5. The van der Waals surface area contributed by atoms with Crippen LogP contribution in [0.2, 0.25) is 0 Å². The summed E-state index contributed by atoms with van der Waals surface area (Å²) < 4.78 is 0. The van der Waals surface area contributed by atoms with Gasteiger partial charge in [0.15, 0.2) is 0 Å². The van der Waals surface area contributed by atoms with Gasteiger partial charge in [-0.05, 0) is 39.7 Å². The average Bonchev–Trinajstić information content (AvgIpc) is 2.99. The van der Waals surface area contributed by atoms with Crippen LogP contribution in [0.4, 0.5) is 0 Å². The highest BCUT2D eigenvalue weighted by atomic mass is 16.1. The van der Waals surface area contributed by atoms with E-state index < -0.39 is 0 Å². The van der Waals surface area contributed by atoms with Gasteiger partial charge in [0.2, 0.25) is 5.91 Å². The fourth-order valence-corrected chi connectivity index (χ4v) is 1.74. The van der Waals surface area contributed by atoms with Crippen LogP contribution in [0.15, 0.2) is 0 Å². The summed E-state index contributed by atoms with van der Waals surface area (Å²) in [6, 6.07) is 0.976. The summed E-state index contributed by atoms with van der Waals surface area (Å²) >= 11 is 0. The van der Waals surface area contributed by atoms with E-state index in [0.29, 0.717) is 6.42 Å². The zero-order valence-corrected chi connectivity index (χ0v) is 10.5. The van der Waals surface area contributed by atoms with Crippen molar-refractivity contribution in [2.45, 2.75) is 51.1 Å². The Morgan fingerprint density at radius 3 is 2.81 bits per heavy atom. The number of amides is 1. The molecular formula is C12H25N3O. The molecule has 3 N–H and O–H groups in total. The van der Waals surface area contributed by atoms with Gasteiger partial charge in [0.05, 0.1) is 0 Å². The minimum atomic E-state index is 0.157. The Morgan fingerprint density at radius 1 is 1.56 bits per heavy atom. The number of nitrogens with two attached hydrogens (primary N) is 1. The predicted octanol–water partition coefficient (Wildman–Crippen LogP) is 0.714. The molecule has 94 valence electrons. The molecule has 1 atom stereocenters. The van der Waals surface area contributed by atoms with Crippen molar-refractivity contribution in [1.29, 1.82) is 0 Å². The first-order valence-corrected chi connectivity index (χ1v) is 6.32. The number of carbonyl (C=O) groups excluding carboxylic acids is 1. The zero-order chi connectivity index (χ0) is 12.0. The second-order valence-corrected chi connectivity index (χ2v) is 4.93. The third kappa shape index (κ3) is 6.08. The molecule has 4 nitrogen and oxygen atoms in total. The molecule has 0 aromatic rings. The molecule has 0 bridgehead atoms. The van der Waals surface area contributed by atoms with E-state index in [1.54, 1.807) is 0 Å². The first-order chi connectivity index (χ1) is 7.59. The number of carbonyl (C=O) groups is 1. The van der Waals surface area contributed by atoms with Crippen LogP contribution in [0.1, 0.15) is 39.0 Å². The molecule has 0 spiro atoms. The maximum Gasteiger partial charge on any atom is 0.220 e. The van der Waals surface area contributed by atoms with Crippen LogP contribution in [-0.2, 0) is 4.79 Å². The van der Waals surface area contributed by atoms with Gasteiger partial charge in [0, 0.05) is 31.6 Å². The van der Waals surface area contributed by atoms with Gasteiger partial charge in [-0.2, -0.15) is 0 Å². The third-order valence-corrected chi connectivity index (χ3v) is 3.02. The van der Waals surface area contributed by atoms with Crippen molar-refractivity contribution in [3.8, 4) is 0 Å². The smallest absolute Gasteiger partial charge is 0.220 e. The molecule has 16 heavy (non-hydrogen) atoms. The molecule has 1 unspecified atom stereocenters. The van der Waals surface area contributed by atoms with Gasteiger partial charge in [-0.1, -0.05) is 0 Å². The van der Waals surface area contributed by atoms with E-state index in [0.717, 1.165) is 32.0 Å². The van der Waals surface area contributed by atoms with Crippen LogP contribution in [0, 0.1) is 0 Å². The minimum absolute atomic E-state index is 0.157. The van der Waals surface area contributed by atoms with E-state index in [-0.39, 0.29) is 11.9 Å². The quantitative estimate of drug-likeness (QED) is 0.642. The number of likely N-dealkylation sites (N-methyl/N-ethyl adjacent to an activating group) is 1. The molecule has 0 radical (unpaired) electrons. The van der Waals surface area contributed by atoms with E-state index in [9.17, 15) is 4.79 Å². The van der Waals surface area contributed by atoms with Crippen LogP contribution >= 0.6 is 0 Å². The molecular weight excluding hydrogens is 202 g/mol. The van der Waals surface area contributed by atoms with Crippen LogP contribution in [0.5, 0.6) is 0 Å². The number of hydrogen-bond acceptors (Lipinski definition) is 3. The maximum absolute atomic E-state index is 11.4. The van der Waals surface area contributed by atoms with Crippen LogP contribution in [-0.4, -0.2) is 43.0 Å². The first-order valence-electron chi connectivity index (χ1n) is 6.32. The zero-order valence-electron chi connectivity index (χ0n) is 10.5. The molecule has 0 aliphatic heterocycles. The number of hydrogen-bond donors (Lipinski definition) is 2. The van der Waals surface area contributed by atoms with Crippen molar-refractivity contribution in [3.05, 3.63) is 0 Å². The van der Waals surface area contributed by atoms with E-state index in [1.165, 1.54) is 12.8 Å². The van der Waals surface area contributed by atoms with E-state index in [1.807, 2.05) is 6.92 Å². The summed E-state index contributed by atoms with van der Waals surface area (Å²) in [4.78, 5) is 13.7. The fraction of sp³-hybridized carbons (Fsp3) is 0.917. The highest BCUT2D eigenvalue weighted by Gasteiger charge is 2.25. The van der Waals surface area contributed by atoms with Gasteiger partial charge in [-0.25, -0.2) is 0 Å². The van der Waals surface area contributed by atoms with Crippen molar-refractivity contribution < 1.29 is 4.79 Å². The van der Waals surface area contributed by atoms with Gasteiger partial charge in [-0.3, -0.25) is 4.79 Å². The lowest BCUT2D eigenvalue weighted by molar-refractivity contribution is -0.121. The molecule has 0 aromatic heterocycles. The Labute approximate surface area is 98.6 Å². The minimum Gasteiger partial charge on any atom is -0.355 e. The van der Waals surface area contributed by atoms with Gasteiger partial charge >= 0.3 is 0 Å². The lowest BCUT2D eigenvalue weighted by atomic mass is 10.1. The molecule has 1 aliphatic carbocycles. The van der Waals surface area contributed by atoms with E-state index >= 15 is 0 Å². The van der Waals surface area contributed by atoms with Crippen LogP contribution in [0.25, 0.3) is 0 Å². The van der Waals surface area contributed by atoms with Gasteiger partial charge < -0.3 is 16.0 Å². The summed E-state index contributed by atoms with van der Waals surface area (Å²) in [7, 11) is 2.12. The van der Waals surface area contributed by atoms with E-state index in [4.69, 9.17) is 5.73 Å². The molecule has 1 fully saturated rings. The highest BCUT2D eigenvalue weighted by molar-refractivity contribution is 5.75. The summed E-state index contributed by atoms with van der Waals surface area (Å²) in [5.74, 6) is 0.157. The lowest BCUT2D eigenvalue weighted by Crippen LogP contribution is -2.33. The molecule has 0 saturated heterocycles. The molecule has 1 saturated carbocycles. The van der Waals surface area contributed by atoms with Gasteiger partial charge in [-0.15, -0.1) is 0 Å². The standard InChI is InChI=1S/C12H25N3O/c1-10(13)4-3-5-12(16)14-8-9-15(2)11-6-7-11/h10-11H,3-9,13H2,1-2H3,(H,14,16). The van der Waals surface area contributed by atoms with Crippen molar-refractivity contribution in [3.63, 3.8) is 0 Å². The highest BCUT2D eigenvalue weighted by Crippen LogP contribution is 2.24. The first kappa shape index (κ1) is 13.5. The van der Waals surface area contributed by atoms with Crippen molar-refractivity contribution >= 4 is 5.91 Å². The second kappa shape index (κ2) is 6.86. The number of rotatable bonds is 8. The predicted molar refractivity (Wildman–Crippen MR) is 66.2 cm³/mol. The Morgan fingerprint density at radius 2 is 2.25 bits per heavy atom. The monoisotopic (exact) mass is 227 g/mol. The Kier molecular flexibility index (Phi) is 5.77. The SMILES string of the molecule is CC(N)CCCC(=O)NCCN(C)C1CC1. The van der Waals surface area contributed by atoms with Crippen LogP contribution < -0.4 is 11.1 Å². The number of nitrogens with one attached hydrogen (secondary N) is 1. The Hall–Kier alpha value is -0.610. The molecule has 1 rings (SSSR count). The van der Waals surface area contributed by atoms with Crippen molar-refractivity contribution in [2.75, 3.05) is 20.1 Å². The second-order valence-electron chi connectivity index (χ2n) is 4.93. The molecule has 1 aliphatic rings. The van der Waals surface area contributed by atoms with Gasteiger partial charge in [0.25, 0.3) is 0 Å². The largest absolute Gasteiger partial charge is 0.355 e. The molecule has 0 heterocycles. The third-order valence-electron chi connectivity index (χ3n) is 3.02. The Bertz CT molecular complexity index is 214. The molecule has 4 heteroatoms. The molecule has 1 amide bonds. The number of nitrogens with zero attached hydrogens (tertiary/aromatic N) is 1. The maximum atomic E-state index is 11.4. The van der Waals surface area contributed by atoms with Crippen LogP contribution in [0.3, 0.4) is 0 Å². The lowest BCUT2D eigenvalue weighted by Gasteiger charge is -2.15. The summed E-state index contributed by atoms with van der Waals surface area (Å²) in [6.07, 6.45) is 5.06. The summed E-state index contributed by atoms with van der Waals surface area (Å²) in [5.41, 5.74) is 5.62. The summed E-state index contributed by atoms with van der Waals surface area (Å²) in [6.45, 7) is 3.70. The average molecular weight is 227 g/mol. The topological polar surface area (TPSA) is 58.4 Å². The fourth-order valence-electron chi connectivity index (χ4n) is 1.74.